The van der Waals surface area contributed by atoms with Gasteiger partial charge in [-0.15, -0.1) is 0 Å². The van der Waals surface area contributed by atoms with Crippen LogP contribution in [0.5, 0.6) is 5.75 Å². The van der Waals surface area contributed by atoms with Crippen LogP contribution in [0.3, 0.4) is 0 Å². The summed E-state index contributed by atoms with van der Waals surface area (Å²) < 4.78 is 18.0. The molecule has 0 aliphatic heterocycles. The minimum Gasteiger partial charge on any atom is -0.492 e. The fourth-order valence-electron chi connectivity index (χ4n) is 1.50. The standard InChI is InChI=1S/C13H17FN2O4/c1-16(13(19)11(15)8-12(17)18)6-7-20-10-4-2-9(14)3-5-10/h2-5,11H,6-8,15H2,1H3,(H,17,18). The second kappa shape index (κ2) is 7.44. The van der Waals surface area contributed by atoms with Gasteiger partial charge in [0.2, 0.25) is 5.91 Å². The van der Waals surface area contributed by atoms with Gasteiger partial charge in [0.1, 0.15) is 18.2 Å². The number of rotatable bonds is 7. The van der Waals surface area contributed by atoms with Gasteiger partial charge in [-0.2, -0.15) is 0 Å². The topological polar surface area (TPSA) is 92.9 Å². The van der Waals surface area contributed by atoms with Gasteiger partial charge in [-0.25, -0.2) is 4.39 Å². The normalized spacial score (nSPS) is 11.8. The highest BCUT2D eigenvalue weighted by molar-refractivity contribution is 5.85. The van der Waals surface area contributed by atoms with Crippen LogP contribution in [0, 0.1) is 5.82 Å². The molecule has 1 atom stereocenters. The number of amides is 1. The van der Waals surface area contributed by atoms with Crippen LogP contribution < -0.4 is 10.5 Å². The first kappa shape index (κ1) is 15.9. The van der Waals surface area contributed by atoms with Crippen molar-refractivity contribution in [2.24, 2.45) is 5.73 Å². The number of nitrogens with two attached hydrogens (primary N) is 1. The summed E-state index contributed by atoms with van der Waals surface area (Å²) in [6.07, 6.45) is -0.415. The number of carboxylic acids is 1. The van der Waals surface area contributed by atoms with E-state index in [4.69, 9.17) is 15.6 Å². The summed E-state index contributed by atoms with van der Waals surface area (Å²) in [5.74, 6) is -1.46. The van der Waals surface area contributed by atoms with Crippen LogP contribution in [0.25, 0.3) is 0 Å². The lowest BCUT2D eigenvalue weighted by Crippen LogP contribution is -2.44. The zero-order valence-corrected chi connectivity index (χ0v) is 11.1. The fourth-order valence-corrected chi connectivity index (χ4v) is 1.50. The molecule has 3 N–H and O–H groups in total. The number of benzene rings is 1. The number of ether oxygens (including phenoxy) is 1. The van der Waals surface area contributed by atoms with E-state index in [1.165, 1.54) is 36.2 Å². The molecular formula is C13H17FN2O4. The molecule has 1 unspecified atom stereocenters. The van der Waals surface area contributed by atoms with Gasteiger partial charge in [-0.05, 0) is 24.3 Å². The Morgan fingerprint density at radius 2 is 2.00 bits per heavy atom. The molecule has 1 amide bonds. The molecule has 7 heteroatoms. The van der Waals surface area contributed by atoms with E-state index in [0.29, 0.717) is 5.75 Å². The number of aliphatic carboxylic acids is 1. The van der Waals surface area contributed by atoms with Crippen molar-refractivity contribution in [3.63, 3.8) is 0 Å². The van der Waals surface area contributed by atoms with E-state index in [-0.39, 0.29) is 19.0 Å². The van der Waals surface area contributed by atoms with Crippen molar-refractivity contribution in [3.05, 3.63) is 30.1 Å². The van der Waals surface area contributed by atoms with Gasteiger partial charge in [-0.3, -0.25) is 9.59 Å². The summed E-state index contributed by atoms with van der Waals surface area (Å²) >= 11 is 0. The maximum atomic E-state index is 12.7. The number of carboxylic acid groups (broad SMARTS) is 1. The summed E-state index contributed by atoms with van der Waals surface area (Å²) in [6, 6.07) is 4.43. The zero-order chi connectivity index (χ0) is 15.1. The van der Waals surface area contributed by atoms with Crippen LogP contribution in [-0.2, 0) is 9.59 Å². The van der Waals surface area contributed by atoms with Gasteiger partial charge in [0.25, 0.3) is 0 Å². The van der Waals surface area contributed by atoms with E-state index in [9.17, 15) is 14.0 Å². The monoisotopic (exact) mass is 284 g/mol. The molecule has 0 heterocycles. The second-order valence-electron chi connectivity index (χ2n) is 4.27. The Morgan fingerprint density at radius 1 is 1.40 bits per heavy atom. The lowest BCUT2D eigenvalue weighted by atomic mass is 10.2. The van der Waals surface area contributed by atoms with Crippen molar-refractivity contribution in [1.82, 2.24) is 4.90 Å². The van der Waals surface area contributed by atoms with E-state index in [0.717, 1.165) is 0 Å². The number of nitrogens with zero attached hydrogens (tertiary/aromatic N) is 1. The molecule has 110 valence electrons. The van der Waals surface area contributed by atoms with Crippen LogP contribution in [0.2, 0.25) is 0 Å². The summed E-state index contributed by atoms with van der Waals surface area (Å²) in [5, 5.41) is 8.56. The summed E-state index contributed by atoms with van der Waals surface area (Å²) in [7, 11) is 1.51. The van der Waals surface area contributed by atoms with Crippen LogP contribution in [0.4, 0.5) is 4.39 Å². The molecule has 0 radical (unpaired) electrons. The Bertz CT molecular complexity index is 464. The molecule has 0 aromatic heterocycles. The average Bonchev–Trinajstić information content (AvgIpc) is 2.39. The molecule has 0 saturated carbocycles. The minimum absolute atomic E-state index is 0.202. The summed E-state index contributed by atoms with van der Waals surface area (Å²) in [5.41, 5.74) is 5.46. The fraction of sp³-hybridized carbons (Fsp3) is 0.385. The first-order valence-electron chi connectivity index (χ1n) is 6.01. The molecule has 0 aliphatic carbocycles. The molecule has 0 aliphatic rings. The Morgan fingerprint density at radius 3 is 2.55 bits per heavy atom. The first-order valence-corrected chi connectivity index (χ1v) is 6.01. The maximum Gasteiger partial charge on any atom is 0.305 e. The smallest absolute Gasteiger partial charge is 0.305 e. The predicted octanol–water partition coefficient (Wildman–Crippen LogP) is 0.465. The van der Waals surface area contributed by atoms with E-state index < -0.39 is 24.3 Å². The number of likely N-dealkylation sites (N-methyl/N-ethyl adjacent to an activating group) is 1. The van der Waals surface area contributed by atoms with Gasteiger partial charge >= 0.3 is 5.97 Å². The number of carbonyl (C=O) groups is 2. The van der Waals surface area contributed by atoms with Crippen LogP contribution in [0.1, 0.15) is 6.42 Å². The highest BCUT2D eigenvalue weighted by Gasteiger charge is 2.20. The van der Waals surface area contributed by atoms with E-state index in [2.05, 4.69) is 0 Å². The largest absolute Gasteiger partial charge is 0.492 e. The predicted molar refractivity (Wildman–Crippen MR) is 69.8 cm³/mol. The number of carbonyl (C=O) groups excluding carboxylic acids is 1. The van der Waals surface area contributed by atoms with E-state index in [1.807, 2.05) is 0 Å². The number of hydrogen-bond acceptors (Lipinski definition) is 4. The molecule has 0 saturated heterocycles. The molecule has 0 bridgehead atoms. The number of hydrogen-bond donors (Lipinski definition) is 2. The third-order valence-corrected chi connectivity index (χ3v) is 2.60. The molecule has 1 aromatic carbocycles. The van der Waals surface area contributed by atoms with Crippen molar-refractivity contribution in [1.29, 1.82) is 0 Å². The zero-order valence-electron chi connectivity index (χ0n) is 11.1. The molecule has 0 spiro atoms. The average molecular weight is 284 g/mol. The van der Waals surface area contributed by atoms with Gasteiger partial charge in [0.15, 0.2) is 0 Å². The van der Waals surface area contributed by atoms with Gasteiger partial charge in [0.05, 0.1) is 19.0 Å². The highest BCUT2D eigenvalue weighted by atomic mass is 19.1. The molecule has 1 aromatic rings. The maximum absolute atomic E-state index is 12.7. The van der Waals surface area contributed by atoms with Crippen molar-refractivity contribution >= 4 is 11.9 Å². The third-order valence-electron chi connectivity index (χ3n) is 2.60. The quantitative estimate of drug-likeness (QED) is 0.759. The Labute approximate surface area is 115 Å². The van der Waals surface area contributed by atoms with Gasteiger partial charge < -0.3 is 20.5 Å². The molecule has 6 nitrogen and oxygen atoms in total. The van der Waals surface area contributed by atoms with Crippen molar-refractivity contribution in [3.8, 4) is 5.75 Å². The Kier molecular flexibility index (Phi) is 5.92. The van der Waals surface area contributed by atoms with Crippen LogP contribution >= 0.6 is 0 Å². The lowest BCUT2D eigenvalue weighted by Gasteiger charge is -2.20. The lowest BCUT2D eigenvalue weighted by molar-refractivity contribution is -0.141. The highest BCUT2D eigenvalue weighted by Crippen LogP contribution is 2.10. The molecule has 20 heavy (non-hydrogen) atoms. The summed E-state index contributed by atoms with van der Waals surface area (Å²) in [6.45, 7) is 0.456. The SMILES string of the molecule is CN(CCOc1ccc(F)cc1)C(=O)C(N)CC(=O)O. The summed E-state index contributed by atoms with van der Waals surface area (Å²) in [4.78, 5) is 23.5. The molecule has 1 rings (SSSR count). The van der Waals surface area contributed by atoms with Gasteiger partial charge in [-0.1, -0.05) is 0 Å². The molecular weight excluding hydrogens is 267 g/mol. The van der Waals surface area contributed by atoms with Crippen LogP contribution in [-0.4, -0.2) is 48.1 Å². The van der Waals surface area contributed by atoms with Crippen molar-refractivity contribution in [2.45, 2.75) is 12.5 Å². The van der Waals surface area contributed by atoms with Crippen LogP contribution in [0.15, 0.2) is 24.3 Å². The van der Waals surface area contributed by atoms with E-state index >= 15 is 0 Å². The minimum atomic E-state index is -1.12. The first-order chi connectivity index (χ1) is 9.40. The number of halogens is 1. The Hall–Kier alpha value is -2.15. The van der Waals surface area contributed by atoms with Crippen molar-refractivity contribution in [2.75, 3.05) is 20.2 Å². The van der Waals surface area contributed by atoms with E-state index in [1.54, 1.807) is 0 Å². The second-order valence-corrected chi connectivity index (χ2v) is 4.27. The third kappa shape index (κ3) is 5.23. The van der Waals surface area contributed by atoms with Gasteiger partial charge in [0, 0.05) is 7.05 Å². The molecule has 0 fully saturated rings. The van der Waals surface area contributed by atoms with Crippen molar-refractivity contribution < 1.29 is 23.8 Å². The Balaban J connectivity index is 2.35.